The molecular weight excluding hydrogens is 494 g/mol. The molecule has 7 heteroatoms. The van der Waals surface area contributed by atoms with Crippen molar-refractivity contribution in [1.82, 2.24) is 4.90 Å². The molecule has 5 fully saturated rings. The van der Waals surface area contributed by atoms with Crippen LogP contribution in [0, 0.1) is 22.7 Å². The van der Waals surface area contributed by atoms with Gasteiger partial charge in [0.15, 0.2) is 11.5 Å². The lowest BCUT2D eigenvalue weighted by Gasteiger charge is -2.65. The number of methoxy groups -OCH3 is 2. The third-order valence-corrected chi connectivity index (χ3v) is 12.0. The van der Waals surface area contributed by atoms with Crippen molar-refractivity contribution in [3.63, 3.8) is 0 Å². The molecule has 2 aromatic rings. The van der Waals surface area contributed by atoms with Crippen molar-refractivity contribution in [2.45, 2.75) is 62.4 Å². The van der Waals surface area contributed by atoms with E-state index in [1.54, 1.807) is 7.11 Å². The Kier molecular flexibility index (Phi) is 4.82. The van der Waals surface area contributed by atoms with E-state index in [-0.39, 0.29) is 34.9 Å². The van der Waals surface area contributed by atoms with Crippen LogP contribution >= 0.6 is 0 Å². The molecule has 1 saturated heterocycles. The zero-order valence-electron chi connectivity index (χ0n) is 22.9. The van der Waals surface area contributed by atoms with Crippen LogP contribution < -0.4 is 9.47 Å². The summed E-state index contributed by atoms with van der Waals surface area (Å²) in [7, 11) is 3.59. The van der Waals surface area contributed by atoms with Crippen LogP contribution in [0.1, 0.15) is 42.9 Å². The molecule has 7 nitrogen and oxygen atoms in total. The van der Waals surface area contributed by atoms with Crippen LogP contribution in [0.4, 0.5) is 0 Å². The van der Waals surface area contributed by atoms with Gasteiger partial charge in [-0.25, -0.2) is 0 Å². The van der Waals surface area contributed by atoms with Gasteiger partial charge in [-0.3, -0.25) is 9.69 Å². The highest BCUT2D eigenvalue weighted by molar-refractivity contribution is 5.70. The third-order valence-electron chi connectivity index (χ3n) is 12.0. The first-order valence-corrected chi connectivity index (χ1v) is 14.4. The van der Waals surface area contributed by atoms with Crippen molar-refractivity contribution < 1.29 is 28.8 Å². The van der Waals surface area contributed by atoms with Crippen LogP contribution in [0.2, 0.25) is 0 Å². The van der Waals surface area contributed by atoms with Crippen LogP contribution in [0.3, 0.4) is 0 Å². The van der Waals surface area contributed by atoms with Crippen LogP contribution in [-0.2, 0) is 32.7 Å². The lowest BCUT2D eigenvalue weighted by atomic mass is 9.40. The zero-order valence-corrected chi connectivity index (χ0v) is 22.9. The summed E-state index contributed by atoms with van der Waals surface area (Å²) in [4.78, 5) is 14.4. The highest BCUT2D eigenvalue weighted by atomic mass is 16.6. The van der Waals surface area contributed by atoms with E-state index < -0.39 is 11.6 Å². The lowest BCUT2D eigenvalue weighted by Crippen LogP contribution is -2.73. The number of likely N-dealkylation sites (tertiary alicyclic amines) is 1. The Morgan fingerprint density at radius 2 is 2.00 bits per heavy atom. The summed E-state index contributed by atoms with van der Waals surface area (Å²) in [6.07, 6.45) is 3.64. The number of carboxylic acids is 1. The topological polar surface area (TPSA) is 77.5 Å². The molecule has 2 spiro atoms. The molecule has 1 N–H and O–H groups in total. The maximum absolute atomic E-state index is 12.1. The second-order valence-corrected chi connectivity index (χ2v) is 13.0. The lowest BCUT2D eigenvalue weighted by molar-refractivity contribution is -0.199. The fourth-order valence-electron chi connectivity index (χ4n) is 11.0. The molecule has 2 aromatic carbocycles. The number of hydrogen-bond donors (Lipinski definition) is 1. The fraction of sp³-hybridized carbons (Fsp3) is 0.594. The average molecular weight is 532 g/mol. The monoisotopic (exact) mass is 531 g/mol. The standard InChI is InChI=1S/C32H37NO6/c1-19-11-12-33(15-25(34)35)24-13-21-9-10-22(36-2)27-26(21)31(19)28(39-27)32(37-3)23-14-29(24,31)17-30(23,32)18-38-16-20-7-5-4-6-8-20/h4-10,19,23-24,28H,11-18H2,1-3H3,(H,34,35). The third kappa shape index (κ3) is 2.55. The zero-order chi connectivity index (χ0) is 26.8. The molecule has 206 valence electrons. The van der Waals surface area contributed by atoms with Crippen LogP contribution in [0.25, 0.3) is 0 Å². The summed E-state index contributed by atoms with van der Waals surface area (Å²) in [6.45, 7) is 4.44. The van der Waals surface area contributed by atoms with E-state index in [4.69, 9.17) is 18.9 Å². The number of aliphatic carboxylic acids is 1. The van der Waals surface area contributed by atoms with E-state index in [1.165, 1.54) is 16.7 Å². The van der Waals surface area contributed by atoms with Crippen molar-refractivity contribution in [2.24, 2.45) is 22.7 Å². The van der Waals surface area contributed by atoms with Gasteiger partial charge in [0.25, 0.3) is 0 Å². The van der Waals surface area contributed by atoms with Gasteiger partial charge in [-0.05, 0) is 55.3 Å². The Labute approximate surface area is 229 Å². The molecular formula is C32H37NO6. The highest BCUT2D eigenvalue weighted by Gasteiger charge is 2.97. The Morgan fingerprint density at radius 3 is 2.74 bits per heavy atom. The van der Waals surface area contributed by atoms with E-state index >= 15 is 0 Å². The van der Waals surface area contributed by atoms with Crippen LogP contribution in [0.5, 0.6) is 11.5 Å². The number of hydrogen-bond acceptors (Lipinski definition) is 6. The Balaban J connectivity index is 1.29. The van der Waals surface area contributed by atoms with Crippen molar-refractivity contribution in [3.05, 3.63) is 59.2 Å². The minimum absolute atomic E-state index is 0.0800. The van der Waals surface area contributed by atoms with Gasteiger partial charge in [-0.15, -0.1) is 0 Å². The molecule has 8 unspecified atom stereocenters. The van der Waals surface area contributed by atoms with Gasteiger partial charge < -0.3 is 24.1 Å². The fourth-order valence-corrected chi connectivity index (χ4v) is 11.0. The van der Waals surface area contributed by atoms with Crippen molar-refractivity contribution in [2.75, 3.05) is 33.9 Å². The minimum atomic E-state index is -0.749. The van der Waals surface area contributed by atoms with Gasteiger partial charge in [0.05, 0.1) is 26.9 Å². The summed E-state index contributed by atoms with van der Waals surface area (Å²) >= 11 is 0. The number of rotatable bonds is 8. The largest absolute Gasteiger partial charge is 0.493 e. The van der Waals surface area contributed by atoms with E-state index in [1.807, 2.05) is 31.4 Å². The molecule has 5 aliphatic carbocycles. The van der Waals surface area contributed by atoms with E-state index in [9.17, 15) is 9.90 Å². The molecule has 8 atom stereocenters. The number of benzene rings is 2. The minimum Gasteiger partial charge on any atom is -0.493 e. The van der Waals surface area contributed by atoms with E-state index in [0.717, 1.165) is 43.7 Å². The van der Waals surface area contributed by atoms with E-state index in [0.29, 0.717) is 25.0 Å². The molecule has 6 bridgehead atoms. The molecule has 0 aromatic heterocycles. The Bertz CT molecular complexity index is 1360. The molecule has 0 radical (unpaired) electrons. The quantitative estimate of drug-likeness (QED) is 0.551. The first-order valence-electron chi connectivity index (χ1n) is 14.4. The van der Waals surface area contributed by atoms with Gasteiger partial charge >= 0.3 is 5.97 Å². The van der Waals surface area contributed by atoms with Gasteiger partial charge in [0.1, 0.15) is 11.7 Å². The van der Waals surface area contributed by atoms with Gasteiger partial charge in [0, 0.05) is 40.9 Å². The Morgan fingerprint density at radius 1 is 1.18 bits per heavy atom. The number of carboxylic acid groups (broad SMARTS) is 1. The van der Waals surface area contributed by atoms with Gasteiger partial charge in [0.2, 0.25) is 0 Å². The second-order valence-electron chi connectivity index (χ2n) is 13.0. The van der Waals surface area contributed by atoms with Crippen molar-refractivity contribution >= 4 is 5.97 Å². The molecule has 0 amide bonds. The molecule has 4 saturated carbocycles. The number of carbonyl (C=O) groups is 1. The summed E-state index contributed by atoms with van der Waals surface area (Å²) < 4.78 is 26.2. The first kappa shape index (κ1) is 24.2. The smallest absolute Gasteiger partial charge is 0.317 e. The molecule has 2 aliphatic heterocycles. The normalized spacial score (nSPS) is 41.9. The molecule has 7 aliphatic rings. The van der Waals surface area contributed by atoms with Crippen LogP contribution in [0.15, 0.2) is 42.5 Å². The van der Waals surface area contributed by atoms with Crippen LogP contribution in [-0.4, -0.2) is 67.6 Å². The average Bonchev–Trinajstić information content (AvgIpc) is 3.18. The van der Waals surface area contributed by atoms with Crippen molar-refractivity contribution in [1.29, 1.82) is 0 Å². The molecule has 2 heterocycles. The number of ether oxygens (including phenoxy) is 4. The number of nitrogens with zero attached hydrogens (tertiary/aromatic N) is 1. The van der Waals surface area contributed by atoms with E-state index in [2.05, 4.69) is 30.0 Å². The predicted octanol–water partition coefficient (Wildman–Crippen LogP) is 4.06. The van der Waals surface area contributed by atoms with Gasteiger partial charge in [-0.2, -0.15) is 0 Å². The van der Waals surface area contributed by atoms with Gasteiger partial charge in [-0.1, -0.05) is 43.3 Å². The van der Waals surface area contributed by atoms with Crippen molar-refractivity contribution in [3.8, 4) is 11.5 Å². The summed E-state index contributed by atoms with van der Waals surface area (Å²) in [6, 6.07) is 14.7. The summed E-state index contributed by atoms with van der Waals surface area (Å²) in [5, 5.41) is 9.94. The maximum atomic E-state index is 12.1. The summed E-state index contributed by atoms with van der Waals surface area (Å²) in [5.41, 5.74) is 2.87. The second kappa shape index (κ2) is 7.77. The summed E-state index contributed by atoms with van der Waals surface area (Å²) in [5.74, 6) is 1.58. The highest BCUT2D eigenvalue weighted by Crippen LogP contribution is 2.91. The molecule has 9 rings (SSSR count). The first-order chi connectivity index (χ1) is 18.9. The molecule has 39 heavy (non-hydrogen) atoms. The SMILES string of the molecule is COc1ccc2c3c1OC1C4(OC)C5CC6(CC54COCc4ccccc4)C(C2)N(CC(=O)O)CCC(C)C316. The maximum Gasteiger partial charge on any atom is 0.317 e. The predicted molar refractivity (Wildman–Crippen MR) is 143 cm³/mol. The Hall–Kier alpha value is -2.61.